The van der Waals surface area contributed by atoms with Gasteiger partial charge < -0.3 is 42.5 Å². The predicted molar refractivity (Wildman–Crippen MR) is 138 cm³/mol. The summed E-state index contributed by atoms with van der Waals surface area (Å²) < 4.78 is 0. The molecule has 0 aliphatic heterocycles. The minimum Gasteiger partial charge on any atom is -0.481 e. The van der Waals surface area contributed by atoms with E-state index in [-0.39, 0.29) is 18.2 Å². The number of rotatable bonds is 18. The molecule has 4 atom stereocenters. The van der Waals surface area contributed by atoms with Gasteiger partial charge in [0.1, 0.15) is 24.7 Å². The number of hydrogen-bond donors (Lipinski definition) is 9. The molecule has 0 spiro atoms. The molecular weight excluding hydrogens is 508 g/mol. The van der Waals surface area contributed by atoms with Crippen LogP contribution in [0, 0.1) is 5.92 Å². The van der Waals surface area contributed by atoms with Crippen molar-refractivity contribution in [3.8, 4) is 0 Å². The zero-order valence-corrected chi connectivity index (χ0v) is 22.5. The van der Waals surface area contributed by atoms with Crippen LogP contribution >= 0.6 is 12.6 Å². The third-order valence-electron chi connectivity index (χ3n) is 5.06. The van der Waals surface area contributed by atoms with E-state index in [1.54, 1.807) is 13.8 Å². The van der Waals surface area contributed by atoms with Crippen LogP contribution in [0.4, 0.5) is 0 Å². The van der Waals surface area contributed by atoms with Crippen molar-refractivity contribution in [2.45, 2.75) is 77.2 Å². The number of carbonyl (C=O) groups excluding carboxylic acids is 4. The van der Waals surface area contributed by atoms with E-state index in [0.717, 1.165) is 0 Å². The molecular formula is C22H40N6O8S. The molecule has 0 saturated heterocycles. The normalized spacial score (nSPS) is 14.3. The highest BCUT2D eigenvalue weighted by molar-refractivity contribution is 7.80. The Labute approximate surface area is 221 Å². The summed E-state index contributed by atoms with van der Waals surface area (Å²) in [6.45, 7) is 6.94. The molecule has 0 bridgehead atoms. The summed E-state index contributed by atoms with van der Waals surface area (Å²) in [5, 5.41) is 30.6. The Balaban J connectivity index is 5.61. The van der Waals surface area contributed by atoms with Gasteiger partial charge in [-0.3, -0.25) is 28.8 Å². The van der Waals surface area contributed by atoms with Crippen molar-refractivity contribution < 1.29 is 39.0 Å². The second kappa shape index (κ2) is 17.5. The Kier molecular flexibility index (Phi) is 16.2. The van der Waals surface area contributed by atoms with Crippen LogP contribution in [0.3, 0.4) is 0 Å². The molecule has 15 heteroatoms. The monoisotopic (exact) mass is 548 g/mol. The quantitative estimate of drug-likeness (QED) is 0.0663. The molecule has 9 N–H and O–H groups in total. The van der Waals surface area contributed by atoms with Crippen LogP contribution in [0.1, 0.15) is 47.0 Å². The third kappa shape index (κ3) is 14.4. The fourth-order valence-electron chi connectivity index (χ4n) is 3.05. The lowest BCUT2D eigenvalue weighted by atomic mass is 10.0. The Bertz CT molecular complexity index is 810. The molecule has 37 heavy (non-hydrogen) atoms. The second-order valence-corrected chi connectivity index (χ2v) is 9.47. The van der Waals surface area contributed by atoms with Gasteiger partial charge in [0.05, 0.1) is 12.5 Å². The van der Waals surface area contributed by atoms with E-state index in [9.17, 15) is 33.9 Å². The summed E-state index contributed by atoms with van der Waals surface area (Å²) in [4.78, 5) is 72.7. The number of amides is 4. The van der Waals surface area contributed by atoms with Crippen LogP contribution in [-0.4, -0.2) is 94.8 Å². The summed E-state index contributed by atoms with van der Waals surface area (Å²) in [7, 11) is 0. The van der Waals surface area contributed by atoms with Crippen LogP contribution in [0.15, 0.2) is 0 Å². The fourth-order valence-corrected chi connectivity index (χ4v) is 3.21. The van der Waals surface area contributed by atoms with Gasteiger partial charge in [0.25, 0.3) is 0 Å². The van der Waals surface area contributed by atoms with Crippen molar-refractivity contribution >= 4 is 48.2 Å². The van der Waals surface area contributed by atoms with E-state index in [1.807, 2.05) is 13.8 Å². The highest BCUT2D eigenvalue weighted by Crippen LogP contribution is 2.06. The largest absolute Gasteiger partial charge is 0.481 e. The molecule has 0 radical (unpaired) electrons. The Morgan fingerprint density at radius 3 is 1.86 bits per heavy atom. The van der Waals surface area contributed by atoms with Crippen LogP contribution in [-0.2, 0) is 28.8 Å². The van der Waals surface area contributed by atoms with E-state index in [1.165, 1.54) is 0 Å². The van der Waals surface area contributed by atoms with E-state index in [2.05, 4.69) is 39.2 Å². The molecule has 4 amide bonds. The van der Waals surface area contributed by atoms with Crippen molar-refractivity contribution in [2.75, 3.05) is 18.8 Å². The molecule has 0 rings (SSSR count). The Morgan fingerprint density at radius 1 is 0.811 bits per heavy atom. The van der Waals surface area contributed by atoms with Gasteiger partial charge in [0, 0.05) is 11.8 Å². The van der Waals surface area contributed by atoms with Crippen LogP contribution in [0.2, 0.25) is 0 Å². The number of aliphatic carboxylic acids is 2. The topological polar surface area (TPSA) is 229 Å². The maximum Gasteiger partial charge on any atom is 0.322 e. The Morgan fingerprint density at radius 2 is 1.38 bits per heavy atom. The molecule has 14 nitrogen and oxygen atoms in total. The molecule has 0 aromatic heterocycles. The predicted octanol–water partition coefficient (Wildman–Crippen LogP) is -2.19. The molecule has 0 unspecified atom stereocenters. The molecule has 0 saturated carbocycles. The molecule has 0 fully saturated rings. The zero-order chi connectivity index (χ0) is 28.7. The first-order chi connectivity index (χ1) is 17.2. The first kappa shape index (κ1) is 34.1. The average Bonchev–Trinajstić information content (AvgIpc) is 2.80. The zero-order valence-electron chi connectivity index (χ0n) is 21.6. The Hall–Kier alpha value is -2.91. The fraction of sp³-hybridized carbons (Fsp3) is 0.727. The molecule has 0 heterocycles. The van der Waals surface area contributed by atoms with Crippen molar-refractivity contribution in [1.29, 1.82) is 0 Å². The maximum absolute atomic E-state index is 13.0. The number of carboxylic acid groups (broad SMARTS) is 2. The van der Waals surface area contributed by atoms with Gasteiger partial charge in [-0.15, -0.1) is 0 Å². The van der Waals surface area contributed by atoms with Gasteiger partial charge in [-0.1, -0.05) is 27.7 Å². The van der Waals surface area contributed by atoms with Crippen molar-refractivity contribution in [3.63, 3.8) is 0 Å². The highest BCUT2D eigenvalue weighted by atomic mass is 32.1. The van der Waals surface area contributed by atoms with Gasteiger partial charge in [0.2, 0.25) is 23.6 Å². The van der Waals surface area contributed by atoms with Gasteiger partial charge in [0.15, 0.2) is 0 Å². The van der Waals surface area contributed by atoms with E-state index in [0.29, 0.717) is 13.0 Å². The highest BCUT2D eigenvalue weighted by Gasteiger charge is 2.32. The first-order valence-electron chi connectivity index (χ1n) is 11.9. The lowest BCUT2D eigenvalue weighted by Gasteiger charge is -2.26. The minimum absolute atomic E-state index is 0.0274. The maximum atomic E-state index is 13.0. The number of nitrogens with two attached hydrogens (primary N) is 1. The lowest BCUT2D eigenvalue weighted by Crippen LogP contribution is -2.59. The number of thiol groups is 1. The number of hydrogen-bond acceptors (Lipinski definition) is 9. The van der Waals surface area contributed by atoms with Gasteiger partial charge in [-0.25, -0.2) is 0 Å². The van der Waals surface area contributed by atoms with E-state index < -0.39 is 78.6 Å². The SMILES string of the molecule is CC(C)NCCC[C@H](NC(=O)[C@@H](N)CS)C(=O)N[C@@H](CC(=O)O)C(=O)N[C@H](C(=O)NCC(=O)O)C(C)C. The molecule has 0 aliphatic carbocycles. The van der Waals surface area contributed by atoms with Crippen molar-refractivity contribution in [2.24, 2.45) is 11.7 Å². The van der Waals surface area contributed by atoms with Gasteiger partial charge >= 0.3 is 11.9 Å². The molecule has 0 aliphatic rings. The molecule has 0 aromatic carbocycles. The summed E-state index contributed by atoms with van der Waals surface area (Å²) in [6.07, 6.45) is -0.156. The van der Waals surface area contributed by atoms with Crippen molar-refractivity contribution in [3.05, 3.63) is 0 Å². The minimum atomic E-state index is -1.58. The summed E-state index contributed by atoms with van der Waals surface area (Å²) in [5.41, 5.74) is 5.68. The lowest BCUT2D eigenvalue weighted by molar-refractivity contribution is -0.142. The summed E-state index contributed by atoms with van der Waals surface area (Å²) >= 11 is 3.97. The molecule has 212 valence electrons. The van der Waals surface area contributed by atoms with E-state index >= 15 is 0 Å². The molecule has 0 aromatic rings. The average molecular weight is 549 g/mol. The number of carboxylic acids is 2. The van der Waals surface area contributed by atoms with Crippen LogP contribution < -0.4 is 32.3 Å². The summed E-state index contributed by atoms with van der Waals surface area (Å²) in [5.74, 6) is -6.32. The first-order valence-corrected chi connectivity index (χ1v) is 12.5. The second-order valence-electron chi connectivity index (χ2n) is 9.10. The van der Waals surface area contributed by atoms with Gasteiger partial charge in [-0.2, -0.15) is 12.6 Å². The van der Waals surface area contributed by atoms with Crippen LogP contribution in [0.5, 0.6) is 0 Å². The van der Waals surface area contributed by atoms with E-state index in [4.69, 9.17) is 10.8 Å². The summed E-state index contributed by atoms with van der Waals surface area (Å²) in [6, 6.07) is -4.67. The standard InChI is InChI=1S/C22H40N6O8S/c1-11(2)18(22(36)25-9-17(31)32)28-21(35)15(8-16(29)30)27-20(34)14(6-5-7-24-12(3)4)26-19(33)13(23)10-37/h11-15,18,24,37H,5-10,23H2,1-4H3,(H,25,36)(H,26,33)(H,27,34)(H,28,35)(H,29,30)(H,31,32)/t13-,14-,15-,18-/m0/s1. The smallest absolute Gasteiger partial charge is 0.322 e. The number of carbonyl (C=O) groups is 6. The van der Waals surface area contributed by atoms with Crippen molar-refractivity contribution in [1.82, 2.24) is 26.6 Å². The van der Waals surface area contributed by atoms with Gasteiger partial charge in [-0.05, 0) is 25.3 Å². The number of nitrogens with one attached hydrogen (secondary N) is 5. The third-order valence-corrected chi connectivity index (χ3v) is 5.45. The van der Waals surface area contributed by atoms with Crippen LogP contribution in [0.25, 0.3) is 0 Å².